The zero-order valence-corrected chi connectivity index (χ0v) is 11.9. The van der Waals surface area contributed by atoms with Crippen molar-refractivity contribution < 1.29 is 9.00 Å². The van der Waals surface area contributed by atoms with Crippen molar-refractivity contribution in [3.63, 3.8) is 0 Å². The topological polar surface area (TPSA) is 34.1 Å². The Balaban J connectivity index is 2.13. The van der Waals surface area contributed by atoms with E-state index in [1.807, 2.05) is 44.2 Å². The highest BCUT2D eigenvalue weighted by molar-refractivity contribution is 7.85. The highest BCUT2D eigenvalue weighted by Crippen LogP contribution is 2.18. The predicted molar refractivity (Wildman–Crippen MR) is 75.8 cm³/mol. The van der Waals surface area contributed by atoms with Crippen molar-refractivity contribution in [3.05, 3.63) is 51.7 Å². The summed E-state index contributed by atoms with van der Waals surface area (Å²) < 4.78 is 12.2. The number of hydrogen-bond acceptors (Lipinski definition) is 3. The first-order valence-corrected chi connectivity index (χ1v) is 7.75. The third-order valence-electron chi connectivity index (χ3n) is 2.62. The van der Waals surface area contributed by atoms with E-state index in [9.17, 15) is 9.00 Å². The van der Waals surface area contributed by atoms with Crippen LogP contribution in [0.3, 0.4) is 0 Å². The molecule has 0 radical (unpaired) electrons. The van der Waals surface area contributed by atoms with Gasteiger partial charge in [-0.1, -0.05) is 18.2 Å². The molecule has 2 rings (SSSR count). The van der Waals surface area contributed by atoms with Crippen LogP contribution in [0.25, 0.3) is 0 Å². The number of thiophene rings is 1. The summed E-state index contributed by atoms with van der Waals surface area (Å²) in [6.07, 6.45) is 0. The molecule has 0 fully saturated rings. The van der Waals surface area contributed by atoms with E-state index in [0.717, 1.165) is 15.3 Å². The van der Waals surface area contributed by atoms with Gasteiger partial charge in [-0.2, -0.15) is 0 Å². The molecule has 0 amide bonds. The van der Waals surface area contributed by atoms with Gasteiger partial charge < -0.3 is 0 Å². The molecular weight excluding hydrogens is 264 g/mol. The minimum absolute atomic E-state index is 0.0466. The molecule has 0 saturated heterocycles. The van der Waals surface area contributed by atoms with Crippen molar-refractivity contribution in [2.45, 2.75) is 18.7 Å². The Hall–Kier alpha value is -1.26. The number of carbonyl (C=O) groups excluding carboxylic acids is 1. The van der Waals surface area contributed by atoms with Gasteiger partial charge in [-0.05, 0) is 37.6 Å². The molecule has 18 heavy (non-hydrogen) atoms. The highest BCUT2D eigenvalue weighted by Gasteiger charge is 2.14. The number of ketones is 1. The molecule has 0 bridgehead atoms. The number of Topliss-reactive ketones (excluding diaryl/α,β-unsaturated/α-hetero) is 1. The molecule has 4 heteroatoms. The largest absolute Gasteiger partial charge is 0.292 e. The van der Waals surface area contributed by atoms with Gasteiger partial charge in [0.15, 0.2) is 5.78 Å². The van der Waals surface area contributed by atoms with E-state index in [1.54, 1.807) is 6.07 Å². The van der Waals surface area contributed by atoms with Gasteiger partial charge in [-0.25, -0.2) is 0 Å². The van der Waals surface area contributed by atoms with Crippen molar-refractivity contribution in [2.75, 3.05) is 5.75 Å². The minimum atomic E-state index is -1.26. The minimum Gasteiger partial charge on any atom is -0.292 e. The van der Waals surface area contributed by atoms with Crippen LogP contribution in [0.5, 0.6) is 0 Å². The van der Waals surface area contributed by atoms with Crippen molar-refractivity contribution in [2.24, 2.45) is 0 Å². The molecule has 1 aromatic carbocycles. The van der Waals surface area contributed by atoms with E-state index in [-0.39, 0.29) is 11.5 Å². The van der Waals surface area contributed by atoms with Crippen LogP contribution < -0.4 is 0 Å². The van der Waals surface area contributed by atoms with E-state index in [0.29, 0.717) is 4.88 Å². The molecule has 2 nitrogen and oxygen atoms in total. The quantitative estimate of drug-likeness (QED) is 0.804. The zero-order valence-electron chi connectivity index (χ0n) is 10.3. The number of hydrogen-bond donors (Lipinski definition) is 0. The molecule has 0 N–H and O–H groups in total. The summed E-state index contributed by atoms with van der Waals surface area (Å²) in [7, 11) is -1.26. The summed E-state index contributed by atoms with van der Waals surface area (Å²) in [5.74, 6) is 0.0137. The van der Waals surface area contributed by atoms with E-state index >= 15 is 0 Å². The molecule has 0 aliphatic heterocycles. The van der Waals surface area contributed by atoms with E-state index in [2.05, 4.69) is 0 Å². The molecular formula is C14H14O2S2. The summed E-state index contributed by atoms with van der Waals surface area (Å²) in [5, 5.41) is 0. The van der Waals surface area contributed by atoms with Gasteiger partial charge in [0.2, 0.25) is 0 Å². The summed E-state index contributed by atoms with van der Waals surface area (Å²) >= 11 is 1.45. The van der Waals surface area contributed by atoms with Crippen LogP contribution >= 0.6 is 11.3 Å². The molecule has 0 aliphatic rings. The fourth-order valence-corrected chi connectivity index (χ4v) is 3.77. The van der Waals surface area contributed by atoms with Crippen molar-refractivity contribution in [1.29, 1.82) is 0 Å². The lowest BCUT2D eigenvalue weighted by molar-refractivity contribution is 0.102. The van der Waals surface area contributed by atoms with Crippen LogP contribution in [-0.2, 0) is 10.8 Å². The molecule has 0 spiro atoms. The first-order valence-electron chi connectivity index (χ1n) is 5.61. The number of aryl methyl sites for hydroxylation is 2. The maximum absolute atomic E-state index is 12.2. The van der Waals surface area contributed by atoms with E-state index < -0.39 is 10.8 Å². The van der Waals surface area contributed by atoms with Crippen molar-refractivity contribution in [3.8, 4) is 0 Å². The molecule has 0 aliphatic carbocycles. The Morgan fingerprint density at radius 2 is 1.89 bits per heavy atom. The Labute approximate surface area is 113 Å². The van der Waals surface area contributed by atoms with Gasteiger partial charge in [0.25, 0.3) is 0 Å². The third-order valence-corrected chi connectivity index (χ3v) is 5.13. The Kier molecular flexibility index (Phi) is 4.09. The molecule has 1 heterocycles. The average molecular weight is 278 g/mol. The second-order valence-corrected chi connectivity index (χ2v) is 6.80. The van der Waals surface area contributed by atoms with Crippen LogP contribution in [0.1, 0.15) is 20.1 Å². The summed E-state index contributed by atoms with van der Waals surface area (Å²) in [5.41, 5.74) is 0.964. The molecule has 94 valence electrons. The van der Waals surface area contributed by atoms with Crippen LogP contribution in [-0.4, -0.2) is 15.7 Å². The van der Waals surface area contributed by atoms with Crippen LogP contribution in [0.4, 0.5) is 0 Å². The average Bonchev–Trinajstić information content (AvgIpc) is 2.76. The lowest BCUT2D eigenvalue weighted by atomic mass is 10.2. The summed E-state index contributed by atoms with van der Waals surface area (Å²) in [6.45, 7) is 3.87. The molecule has 1 aromatic heterocycles. The second kappa shape index (κ2) is 5.59. The molecule has 0 saturated carbocycles. The number of carbonyl (C=O) groups is 1. The Morgan fingerprint density at radius 3 is 2.50 bits per heavy atom. The molecule has 1 atom stereocenters. The number of rotatable bonds is 4. The Bertz CT molecular complexity index is 599. The summed E-state index contributed by atoms with van der Waals surface area (Å²) in [4.78, 5) is 14.5. The SMILES string of the molecule is Cc1ccc(C(=O)CS(=O)c2ccccc2C)s1. The highest BCUT2D eigenvalue weighted by atomic mass is 32.2. The van der Waals surface area contributed by atoms with Crippen LogP contribution in [0, 0.1) is 13.8 Å². The van der Waals surface area contributed by atoms with Gasteiger partial charge in [0.1, 0.15) is 0 Å². The van der Waals surface area contributed by atoms with Gasteiger partial charge in [0, 0.05) is 9.77 Å². The molecule has 1 unspecified atom stereocenters. The van der Waals surface area contributed by atoms with Crippen LogP contribution in [0.2, 0.25) is 0 Å². The zero-order chi connectivity index (χ0) is 13.1. The van der Waals surface area contributed by atoms with Gasteiger partial charge in [0.05, 0.1) is 21.4 Å². The van der Waals surface area contributed by atoms with Crippen molar-refractivity contribution >= 4 is 27.9 Å². The number of benzene rings is 1. The van der Waals surface area contributed by atoms with Gasteiger partial charge >= 0.3 is 0 Å². The third kappa shape index (κ3) is 2.94. The fourth-order valence-electron chi connectivity index (χ4n) is 1.66. The van der Waals surface area contributed by atoms with E-state index in [4.69, 9.17) is 0 Å². The van der Waals surface area contributed by atoms with E-state index in [1.165, 1.54) is 11.3 Å². The summed E-state index contributed by atoms with van der Waals surface area (Å²) in [6, 6.07) is 11.2. The lowest BCUT2D eigenvalue weighted by Gasteiger charge is -2.04. The normalized spacial score (nSPS) is 12.3. The first-order chi connectivity index (χ1) is 8.58. The van der Waals surface area contributed by atoms with Gasteiger partial charge in [-0.3, -0.25) is 9.00 Å². The maximum atomic E-state index is 12.2. The fraction of sp³-hybridized carbons (Fsp3) is 0.214. The predicted octanol–water partition coefficient (Wildman–Crippen LogP) is 3.36. The van der Waals surface area contributed by atoms with Gasteiger partial charge in [-0.15, -0.1) is 11.3 Å². The van der Waals surface area contributed by atoms with Crippen molar-refractivity contribution in [1.82, 2.24) is 0 Å². The first kappa shape index (κ1) is 13.2. The monoisotopic (exact) mass is 278 g/mol. The maximum Gasteiger partial charge on any atom is 0.185 e. The second-order valence-electron chi connectivity index (χ2n) is 4.09. The lowest BCUT2D eigenvalue weighted by Crippen LogP contribution is -2.10. The smallest absolute Gasteiger partial charge is 0.185 e. The van der Waals surface area contributed by atoms with Crippen LogP contribution in [0.15, 0.2) is 41.3 Å². The molecule has 2 aromatic rings. The Morgan fingerprint density at radius 1 is 1.17 bits per heavy atom. The standard InChI is InChI=1S/C14H14O2S2/c1-10-5-3-4-6-14(10)18(16)9-12(15)13-8-7-11(2)17-13/h3-8H,9H2,1-2H3.